The van der Waals surface area contributed by atoms with Crippen molar-refractivity contribution in [2.24, 2.45) is 5.73 Å². The molecule has 0 unspecified atom stereocenters. The third-order valence-corrected chi connectivity index (χ3v) is 3.85. The fraction of sp³-hybridized carbons (Fsp3) is 0.105. The zero-order valence-corrected chi connectivity index (χ0v) is 14.2. The number of hydrogen-bond donors (Lipinski definition) is 2. The number of amides is 2. The van der Waals surface area contributed by atoms with Crippen molar-refractivity contribution in [2.75, 3.05) is 12.4 Å². The second kappa shape index (κ2) is 7.52. The molecule has 0 aliphatic carbocycles. The highest BCUT2D eigenvalue weighted by Crippen LogP contribution is 2.18. The minimum absolute atomic E-state index is 0.139. The summed E-state index contributed by atoms with van der Waals surface area (Å²) in [6.45, 7) is 0.385. The van der Waals surface area contributed by atoms with E-state index in [1.165, 1.54) is 6.33 Å². The van der Waals surface area contributed by atoms with Crippen LogP contribution in [0.15, 0.2) is 60.9 Å². The molecular formula is C19H18N4O3. The van der Waals surface area contributed by atoms with Crippen molar-refractivity contribution in [1.82, 2.24) is 9.55 Å². The number of nitrogens with one attached hydrogen (secondary N) is 1. The van der Waals surface area contributed by atoms with Crippen LogP contribution in [-0.4, -0.2) is 28.5 Å². The molecule has 1 aromatic heterocycles. The van der Waals surface area contributed by atoms with Gasteiger partial charge in [-0.1, -0.05) is 30.3 Å². The predicted molar refractivity (Wildman–Crippen MR) is 97.2 cm³/mol. The number of anilines is 1. The number of benzene rings is 2. The number of primary amides is 1. The summed E-state index contributed by atoms with van der Waals surface area (Å²) >= 11 is 0. The quantitative estimate of drug-likeness (QED) is 0.712. The minimum Gasteiger partial charge on any atom is -0.497 e. The normalized spacial score (nSPS) is 10.3. The fourth-order valence-electron chi connectivity index (χ4n) is 2.55. The lowest BCUT2D eigenvalue weighted by Crippen LogP contribution is -2.21. The van der Waals surface area contributed by atoms with Crippen LogP contribution in [0.25, 0.3) is 0 Å². The van der Waals surface area contributed by atoms with Crippen molar-refractivity contribution in [3.63, 3.8) is 0 Å². The molecule has 132 valence electrons. The SMILES string of the molecule is COc1ccc(Cn2cnc(NC(=O)c3ccccc3)c2C(N)=O)cc1. The van der Waals surface area contributed by atoms with Gasteiger partial charge in [0.15, 0.2) is 11.5 Å². The van der Waals surface area contributed by atoms with Gasteiger partial charge < -0.3 is 20.4 Å². The van der Waals surface area contributed by atoms with E-state index in [2.05, 4.69) is 10.3 Å². The van der Waals surface area contributed by atoms with Crippen LogP contribution < -0.4 is 15.8 Å². The molecule has 0 spiro atoms. The van der Waals surface area contributed by atoms with Gasteiger partial charge in [-0.3, -0.25) is 9.59 Å². The molecule has 2 aromatic carbocycles. The van der Waals surface area contributed by atoms with Gasteiger partial charge in [0, 0.05) is 12.1 Å². The molecule has 0 saturated heterocycles. The van der Waals surface area contributed by atoms with Crippen molar-refractivity contribution in [1.29, 1.82) is 0 Å². The van der Waals surface area contributed by atoms with Gasteiger partial charge in [-0.05, 0) is 29.8 Å². The Morgan fingerprint density at radius 1 is 1.12 bits per heavy atom. The van der Waals surface area contributed by atoms with Crippen molar-refractivity contribution < 1.29 is 14.3 Å². The number of ether oxygens (including phenoxy) is 1. The highest BCUT2D eigenvalue weighted by atomic mass is 16.5. The van der Waals surface area contributed by atoms with E-state index in [0.29, 0.717) is 12.1 Å². The summed E-state index contributed by atoms with van der Waals surface area (Å²) < 4.78 is 6.73. The molecule has 7 heteroatoms. The molecule has 26 heavy (non-hydrogen) atoms. The summed E-state index contributed by atoms with van der Waals surface area (Å²) in [5.74, 6) is -0.146. The Labute approximate surface area is 150 Å². The lowest BCUT2D eigenvalue weighted by atomic mass is 10.2. The Morgan fingerprint density at radius 3 is 2.42 bits per heavy atom. The summed E-state index contributed by atoms with van der Waals surface area (Å²) in [5, 5.41) is 2.64. The van der Waals surface area contributed by atoms with E-state index in [1.54, 1.807) is 35.9 Å². The van der Waals surface area contributed by atoms with E-state index >= 15 is 0 Å². The third kappa shape index (κ3) is 3.72. The standard InChI is InChI=1S/C19H18N4O3/c1-26-15-9-7-13(8-10-15)11-23-12-21-18(16(23)17(20)24)22-19(25)14-5-3-2-4-6-14/h2-10,12H,11H2,1H3,(H2,20,24)(H,22,25). The molecule has 0 atom stereocenters. The zero-order valence-electron chi connectivity index (χ0n) is 14.2. The van der Waals surface area contributed by atoms with Crippen molar-refractivity contribution in [3.05, 3.63) is 77.7 Å². The predicted octanol–water partition coefficient (Wildman–Crippen LogP) is 2.29. The van der Waals surface area contributed by atoms with Crippen molar-refractivity contribution in [3.8, 4) is 5.75 Å². The monoisotopic (exact) mass is 350 g/mol. The van der Waals surface area contributed by atoms with E-state index in [0.717, 1.165) is 11.3 Å². The van der Waals surface area contributed by atoms with Crippen LogP contribution in [0.1, 0.15) is 26.4 Å². The molecule has 0 aliphatic heterocycles. The van der Waals surface area contributed by atoms with Gasteiger partial charge in [0.1, 0.15) is 5.75 Å². The van der Waals surface area contributed by atoms with Crippen LogP contribution in [0.3, 0.4) is 0 Å². The fourth-order valence-corrected chi connectivity index (χ4v) is 2.55. The highest BCUT2D eigenvalue weighted by Gasteiger charge is 2.19. The number of hydrogen-bond acceptors (Lipinski definition) is 4. The van der Waals surface area contributed by atoms with E-state index in [4.69, 9.17) is 10.5 Å². The molecule has 1 heterocycles. The molecule has 3 rings (SSSR count). The van der Waals surface area contributed by atoms with Gasteiger partial charge in [-0.25, -0.2) is 4.98 Å². The van der Waals surface area contributed by atoms with Gasteiger partial charge in [0.25, 0.3) is 11.8 Å². The summed E-state index contributed by atoms with van der Waals surface area (Å²) in [6.07, 6.45) is 1.48. The second-order valence-corrected chi connectivity index (χ2v) is 5.60. The van der Waals surface area contributed by atoms with Gasteiger partial charge in [-0.2, -0.15) is 0 Å². The number of nitrogens with zero attached hydrogens (tertiary/aromatic N) is 2. The number of rotatable bonds is 6. The van der Waals surface area contributed by atoms with E-state index in [9.17, 15) is 9.59 Å². The van der Waals surface area contributed by atoms with Gasteiger partial charge >= 0.3 is 0 Å². The molecule has 0 fully saturated rings. The van der Waals surface area contributed by atoms with E-state index in [1.807, 2.05) is 30.3 Å². The maximum absolute atomic E-state index is 12.3. The van der Waals surface area contributed by atoms with Crippen LogP contribution in [0.5, 0.6) is 5.75 Å². The van der Waals surface area contributed by atoms with Gasteiger partial charge in [0.2, 0.25) is 0 Å². The second-order valence-electron chi connectivity index (χ2n) is 5.60. The number of imidazole rings is 1. The topological polar surface area (TPSA) is 99.2 Å². The van der Waals surface area contributed by atoms with Crippen LogP contribution in [-0.2, 0) is 6.54 Å². The molecular weight excluding hydrogens is 332 g/mol. The Kier molecular flexibility index (Phi) is 4.98. The summed E-state index contributed by atoms with van der Waals surface area (Å²) in [6, 6.07) is 16.1. The summed E-state index contributed by atoms with van der Waals surface area (Å²) in [4.78, 5) is 28.3. The number of aromatic nitrogens is 2. The molecule has 0 radical (unpaired) electrons. The summed E-state index contributed by atoms with van der Waals surface area (Å²) in [7, 11) is 1.60. The first-order chi connectivity index (χ1) is 12.6. The van der Waals surface area contributed by atoms with Crippen LogP contribution in [0.4, 0.5) is 5.82 Å². The smallest absolute Gasteiger partial charge is 0.269 e. The molecule has 0 aliphatic rings. The number of carbonyl (C=O) groups is 2. The average molecular weight is 350 g/mol. The lowest BCUT2D eigenvalue weighted by molar-refractivity contribution is 0.0993. The van der Waals surface area contributed by atoms with Gasteiger partial charge in [-0.15, -0.1) is 0 Å². The first kappa shape index (κ1) is 17.2. The lowest BCUT2D eigenvalue weighted by Gasteiger charge is -2.09. The average Bonchev–Trinajstić information content (AvgIpc) is 3.05. The zero-order chi connectivity index (χ0) is 18.5. The molecule has 2 amide bonds. The Balaban J connectivity index is 1.83. The summed E-state index contributed by atoms with van der Waals surface area (Å²) in [5.41, 5.74) is 7.05. The first-order valence-electron chi connectivity index (χ1n) is 7.92. The minimum atomic E-state index is -0.667. The van der Waals surface area contributed by atoms with E-state index in [-0.39, 0.29) is 17.4 Å². The molecule has 0 bridgehead atoms. The largest absolute Gasteiger partial charge is 0.497 e. The highest BCUT2D eigenvalue weighted by molar-refractivity contribution is 6.07. The van der Waals surface area contributed by atoms with Crippen molar-refractivity contribution >= 4 is 17.6 Å². The third-order valence-electron chi connectivity index (χ3n) is 3.85. The number of carbonyl (C=O) groups excluding carboxylic acids is 2. The van der Waals surface area contributed by atoms with Crippen molar-refractivity contribution in [2.45, 2.75) is 6.54 Å². The Hall–Kier alpha value is -3.61. The maximum atomic E-state index is 12.3. The molecule has 3 aromatic rings. The maximum Gasteiger partial charge on any atom is 0.269 e. The molecule has 7 nitrogen and oxygen atoms in total. The Morgan fingerprint density at radius 2 is 1.81 bits per heavy atom. The molecule has 3 N–H and O–H groups in total. The Bertz CT molecular complexity index is 918. The first-order valence-corrected chi connectivity index (χ1v) is 7.92. The molecule has 0 saturated carbocycles. The van der Waals surface area contributed by atoms with Crippen LogP contribution in [0, 0.1) is 0 Å². The number of methoxy groups -OCH3 is 1. The van der Waals surface area contributed by atoms with E-state index < -0.39 is 5.91 Å². The van der Waals surface area contributed by atoms with Gasteiger partial charge in [0.05, 0.1) is 13.4 Å². The van der Waals surface area contributed by atoms with Crippen LogP contribution >= 0.6 is 0 Å². The van der Waals surface area contributed by atoms with Crippen LogP contribution in [0.2, 0.25) is 0 Å². The number of nitrogens with two attached hydrogens (primary N) is 1.